The first-order valence-electron chi connectivity index (χ1n) is 11.1. The summed E-state index contributed by atoms with van der Waals surface area (Å²) in [5.74, 6) is 0.119. The number of rotatable bonds is 6. The van der Waals surface area contributed by atoms with Gasteiger partial charge in [-0.25, -0.2) is 4.79 Å². The Morgan fingerprint density at radius 1 is 1.06 bits per heavy atom. The third-order valence-electron chi connectivity index (χ3n) is 6.07. The molecule has 0 unspecified atom stereocenters. The number of alkyl carbamates (subject to hydrolysis) is 1. The highest BCUT2D eigenvalue weighted by atomic mass is 35.5. The van der Waals surface area contributed by atoms with Crippen LogP contribution < -0.4 is 5.32 Å². The molecule has 0 saturated carbocycles. The van der Waals surface area contributed by atoms with Crippen molar-refractivity contribution in [1.29, 1.82) is 0 Å². The smallest absolute Gasteiger partial charge is 0.407 e. The second-order valence-electron chi connectivity index (χ2n) is 8.14. The highest BCUT2D eigenvalue weighted by Gasteiger charge is 2.28. The number of aromatic nitrogens is 1. The number of amides is 1. The molecule has 34 heavy (non-hydrogen) atoms. The first-order valence-corrected chi connectivity index (χ1v) is 11.5. The minimum Gasteiger partial charge on any atom is -0.505 e. The van der Waals surface area contributed by atoms with Gasteiger partial charge >= 0.3 is 6.09 Å². The maximum atomic E-state index is 12.3. The number of carbonyl (C=O) groups is 1. The van der Waals surface area contributed by atoms with Gasteiger partial charge in [0.15, 0.2) is 0 Å². The molecule has 3 aromatic carbocycles. The Balaban J connectivity index is 1.15. The Morgan fingerprint density at radius 3 is 2.50 bits per heavy atom. The second kappa shape index (κ2) is 9.57. The van der Waals surface area contributed by atoms with Crippen LogP contribution in [0.2, 0.25) is 5.02 Å². The van der Waals surface area contributed by atoms with Gasteiger partial charge in [0.25, 0.3) is 0 Å². The summed E-state index contributed by atoms with van der Waals surface area (Å²) in [4.78, 5) is 16.5. The van der Waals surface area contributed by atoms with Crippen molar-refractivity contribution in [2.45, 2.75) is 12.3 Å². The molecule has 0 aliphatic heterocycles. The van der Waals surface area contributed by atoms with E-state index in [9.17, 15) is 9.90 Å². The van der Waals surface area contributed by atoms with Gasteiger partial charge in [-0.3, -0.25) is 4.98 Å². The quantitative estimate of drug-likeness (QED) is 0.314. The van der Waals surface area contributed by atoms with E-state index in [0.717, 1.165) is 0 Å². The third-order valence-corrected chi connectivity index (χ3v) is 6.38. The van der Waals surface area contributed by atoms with Crippen molar-refractivity contribution in [3.63, 3.8) is 0 Å². The van der Waals surface area contributed by atoms with E-state index in [1.807, 2.05) is 36.4 Å². The molecule has 0 saturated heterocycles. The van der Waals surface area contributed by atoms with Crippen LogP contribution in [0.15, 0.2) is 79.0 Å². The molecule has 1 aliphatic rings. The van der Waals surface area contributed by atoms with Crippen LogP contribution in [0.4, 0.5) is 4.79 Å². The van der Waals surface area contributed by atoms with Gasteiger partial charge in [-0.15, -0.1) is 0 Å². The third kappa shape index (κ3) is 4.22. The van der Waals surface area contributed by atoms with E-state index in [1.165, 1.54) is 22.3 Å². The van der Waals surface area contributed by atoms with E-state index in [4.69, 9.17) is 16.3 Å². The number of nitrogens with zero attached hydrogens (tertiary/aromatic N) is 1. The van der Waals surface area contributed by atoms with Gasteiger partial charge in [0, 0.05) is 29.6 Å². The lowest BCUT2D eigenvalue weighted by Crippen LogP contribution is -2.26. The topological polar surface area (TPSA) is 71.5 Å². The van der Waals surface area contributed by atoms with E-state index in [0.29, 0.717) is 34.5 Å². The van der Waals surface area contributed by atoms with E-state index in [-0.39, 0.29) is 18.3 Å². The summed E-state index contributed by atoms with van der Waals surface area (Å²) in [6.45, 7) is 0.694. The predicted molar refractivity (Wildman–Crippen MR) is 135 cm³/mol. The van der Waals surface area contributed by atoms with Gasteiger partial charge in [-0.05, 0) is 46.9 Å². The number of fused-ring (bicyclic) bond motifs is 4. The van der Waals surface area contributed by atoms with Crippen molar-refractivity contribution >= 4 is 34.7 Å². The van der Waals surface area contributed by atoms with Crippen LogP contribution in [0.5, 0.6) is 5.75 Å². The Morgan fingerprint density at radius 2 is 1.76 bits per heavy atom. The van der Waals surface area contributed by atoms with Crippen molar-refractivity contribution in [2.24, 2.45) is 0 Å². The molecule has 4 aromatic rings. The first-order chi connectivity index (χ1) is 16.6. The lowest BCUT2D eigenvalue weighted by atomic mass is 9.98. The molecule has 1 aromatic heterocycles. The number of halogens is 1. The van der Waals surface area contributed by atoms with Crippen molar-refractivity contribution < 1.29 is 14.6 Å². The molecule has 0 fully saturated rings. The Bertz CT molecular complexity index is 1350. The number of hydrogen-bond acceptors (Lipinski definition) is 4. The fourth-order valence-electron chi connectivity index (χ4n) is 4.45. The molecule has 2 N–H and O–H groups in total. The summed E-state index contributed by atoms with van der Waals surface area (Å²) < 4.78 is 5.55. The fraction of sp³-hybridized carbons (Fsp3) is 0.143. The van der Waals surface area contributed by atoms with E-state index in [1.54, 1.807) is 24.4 Å². The number of phenols is 1. The average Bonchev–Trinajstić information content (AvgIpc) is 3.19. The number of nitrogens with one attached hydrogen (secondary N) is 1. The largest absolute Gasteiger partial charge is 0.505 e. The van der Waals surface area contributed by atoms with Gasteiger partial charge < -0.3 is 15.2 Å². The molecule has 0 radical (unpaired) electrons. The first kappa shape index (κ1) is 22.0. The highest BCUT2D eigenvalue weighted by Crippen LogP contribution is 2.44. The standard InChI is InChI=1S/C28H23ClN2O3/c29-25-16-18(27(32)26-23(25)13-7-15-30-26)8-5-6-14-31-28(33)34-17-24-21-11-3-1-9-19(21)20-10-2-4-12-22(20)24/h1-5,7-13,15-16,24,32H,6,14,17H2,(H,31,33). The SMILES string of the molecule is O=C(NCCC=Cc1cc(Cl)c2cccnc2c1O)OCC1c2ccccc2-c2ccccc21. The molecule has 0 bridgehead atoms. The number of hydrogen-bond donors (Lipinski definition) is 2. The van der Waals surface area contributed by atoms with Crippen LogP contribution in [0.3, 0.4) is 0 Å². The van der Waals surface area contributed by atoms with Crippen molar-refractivity contribution in [3.8, 4) is 16.9 Å². The molecule has 1 heterocycles. The van der Waals surface area contributed by atoms with Crippen LogP contribution in [-0.2, 0) is 4.74 Å². The summed E-state index contributed by atoms with van der Waals surface area (Å²) in [7, 11) is 0. The Hall–Kier alpha value is -3.83. The van der Waals surface area contributed by atoms with Gasteiger partial charge in [0.1, 0.15) is 17.9 Å². The molecule has 170 valence electrons. The zero-order valence-electron chi connectivity index (χ0n) is 18.4. The molecule has 0 spiro atoms. The number of phenolic OH excluding ortho intramolecular Hbond substituents is 1. The molecule has 1 aliphatic carbocycles. The Labute approximate surface area is 202 Å². The van der Waals surface area contributed by atoms with Crippen LogP contribution in [0.25, 0.3) is 28.1 Å². The van der Waals surface area contributed by atoms with E-state index < -0.39 is 6.09 Å². The van der Waals surface area contributed by atoms with Gasteiger partial charge in [0.05, 0.1) is 5.02 Å². The maximum absolute atomic E-state index is 12.3. The van der Waals surface area contributed by atoms with Crippen molar-refractivity contribution in [1.82, 2.24) is 10.3 Å². The molecule has 5 nitrogen and oxygen atoms in total. The van der Waals surface area contributed by atoms with Crippen LogP contribution in [0, 0.1) is 0 Å². The van der Waals surface area contributed by atoms with E-state index in [2.05, 4.69) is 34.6 Å². The summed E-state index contributed by atoms with van der Waals surface area (Å²) in [6, 6.07) is 21.8. The highest BCUT2D eigenvalue weighted by molar-refractivity contribution is 6.35. The summed E-state index contributed by atoms with van der Waals surface area (Å²) in [5.41, 5.74) is 5.81. The molecular formula is C28H23ClN2O3. The number of ether oxygens (including phenoxy) is 1. The second-order valence-corrected chi connectivity index (χ2v) is 8.55. The molecule has 1 amide bonds. The maximum Gasteiger partial charge on any atom is 0.407 e. The van der Waals surface area contributed by atoms with Gasteiger partial charge in [-0.1, -0.05) is 72.3 Å². The normalized spacial score (nSPS) is 12.6. The minimum atomic E-state index is -0.448. The molecule has 6 heteroatoms. The zero-order chi connectivity index (χ0) is 23.5. The monoisotopic (exact) mass is 470 g/mol. The number of carbonyl (C=O) groups excluding carboxylic acids is 1. The van der Waals surface area contributed by atoms with Crippen LogP contribution in [-0.4, -0.2) is 29.3 Å². The summed E-state index contributed by atoms with van der Waals surface area (Å²) >= 11 is 6.31. The van der Waals surface area contributed by atoms with Crippen LogP contribution in [0.1, 0.15) is 29.0 Å². The number of pyridine rings is 1. The molecular weight excluding hydrogens is 448 g/mol. The van der Waals surface area contributed by atoms with Crippen LogP contribution >= 0.6 is 11.6 Å². The zero-order valence-corrected chi connectivity index (χ0v) is 19.1. The predicted octanol–water partition coefficient (Wildman–Crippen LogP) is 6.54. The molecule has 0 atom stereocenters. The minimum absolute atomic E-state index is 0.0345. The van der Waals surface area contributed by atoms with Crippen molar-refractivity contribution in [2.75, 3.05) is 13.2 Å². The lowest BCUT2D eigenvalue weighted by molar-refractivity contribution is 0.143. The average molecular weight is 471 g/mol. The lowest BCUT2D eigenvalue weighted by Gasteiger charge is -2.14. The van der Waals surface area contributed by atoms with Gasteiger partial charge in [-0.2, -0.15) is 0 Å². The molecule has 5 rings (SSSR count). The summed E-state index contributed by atoms with van der Waals surface area (Å²) in [5, 5.41) is 14.5. The summed E-state index contributed by atoms with van der Waals surface area (Å²) in [6.07, 6.45) is 5.38. The van der Waals surface area contributed by atoms with E-state index >= 15 is 0 Å². The van der Waals surface area contributed by atoms with Gasteiger partial charge in [0.2, 0.25) is 0 Å². The Kier molecular flexibility index (Phi) is 6.19. The van der Waals surface area contributed by atoms with Crippen molar-refractivity contribution in [3.05, 3.63) is 101 Å². The number of aromatic hydroxyl groups is 1. The fourth-order valence-corrected chi connectivity index (χ4v) is 4.72. The number of benzene rings is 3.